The molecule has 0 saturated carbocycles. The highest BCUT2D eigenvalue weighted by atomic mass is 16.5. The smallest absolute Gasteiger partial charge is 0.311 e. The highest BCUT2D eigenvalue weighted by molar-refractivity contribution is 5.95. The maximum absolute atomic E-state index is 12.8. The van der Waals surface area contributed by atoms with Crippen molar-refractivity contribution in [1.29, 1.82) is 5.26 Å². The molecular weight excluding hydrogens is 388 g/mol. The van der Waals surface area contributed by atoms with Crippen molar-refractivity contribution in [3.8, 4) is 17.2 Å². The van der Waals surface area contributed by atoms with E-state index in [1.165, 1.54) is 7.11 Å². The fourth-order valence-corrected chi connectivity index (χ4v) is 3.47. The van der Waals surface area contributed by atoms with Gasteiger partial charge in [0.05, 0.1) is 24.7 Å². The normalized spacial score (nSPS) is 12.3. The van der Waals surface area contributed by atoms with Gasteiger partial charge in [-0.1, -0.05) is 54.6 Å². The summed E-state index contributed by atoms with van der Waals surface area (Å²) in [7, 11) is 1.33. The first-order valence-electron chi connectivity index (χ1n) is 10.0. The lowest BCUT2D eigenvalue weighted by atomic mass is 9.92. The van der Waals surface area contributed by atoms with Crippen LogP contribution >= 0.6 is 0 Å². The number of nitrogens with zero attached hydrogens (tertiary/aromatic N) is 1. The Balaban J connectivity index is 1.71. The molecule has 0 heterocycles. The molecule has 31 heavy (non-hydrogen) atoms. The fraction of sp³-hybridized carbons (Fsp3) is 0.192. The van der Waals surface area contributed by atoms with E-state index in [1.807, 2.05) is 48.5 Å². The Hall–Kier alpha value is -3.91. The van der Waals surface area contributed by atoms with Crippen molar-refractivity contribution in [3.05, 3.63) is 95.6 Å². The average molecular weight is 412 g/mol. The first-order valence-corrected chi connectivity index (χ1v) is 10.0. The maximum Gasteiger partial charge on any atom is 0.311 e. The van der Waals surface area contributed by atoms with Crippen molar-refractivity contribution >= 4 is 11.9 Å². The molecule has 5 heteroatoms. The van der Waals surface area contributed by atoms with Gasteiger partial charge in [-0.15, -0.1) is 0 Å². The van der Waals surface area contributed by atoms with Gasteiger partial charge in [0.1, 0.15) is 0 Å². The van der Waals surface area contributed by atoms with E-state index in [2.05, 4.69) is 11.4 Å². The van der Waals surface area contributed by atoms with Gasteiger partial charge in [0.2, 0.25) is 0 Å². The number of methoxy groups -OCH3 is 1. The molecule has 0 spiro atoms. The lowest BCUT2D eigenvalue weighted by molar-refractivity contribution is -0.146. The summed E-state index contributed by atoms with van der Waals surface area (Å²) in [5.41, 5.74) is 3.98. The molecule has 5 nitrogen and oxygen atoms in total. The first kappa shape index (κ1) is 21.8. The molecular formula is C26H24N2O3. The zero-order valence-corrected chi connectivity index (χ0v) is 17.5. The van der Waals surface area contributed by atoms with Gasteiger partial charge in [0.15, 0.2) is 0 Å². The maximum atomic E-state index is 12.8. The Morgan fingerprint density at radius 3 is 2.29 bits per heavy atom. The third-order valence-electron chi connectivity index (χ3n) is 5.23. The van der Waals surface area contributed by atoms with Crippen LogP contribution in [0.3, 0.4) is 0 Å². The standard InChI is InChI=1S/C26H24N2O3/c1-18(24(26(30)31-2)16-19-7-6-8-20(15-19)17-27)28-25(29)23-13-11-22(12-14-23)21-9-4-3-5-10-21/h3-15,18,24H,16H2,1-2H3,(H,28,29)/t18-,24-/m1/s1. The number of benzene rings is 3. The summed E-state index contributed by atoms with van der Waals surface area (Å²) in [6.45, 7) is 1.78. The number of nitriles is 1. The lowest BCUT2D eigenvalue weighted by Gasteiger charge is -2.23. The zero-order chi connectivity index (χ0) is 22.2. The monoisotopic (exact) mass is 412 g/mol. The zero-order valence-electron chi connectivity index (χ0n) is 17.5. The molecule has 2 atom stereocenters. The molecule has 0 aliphatic carbocycles. The van der Waals surface area contributed by atoms with Gasteiger partial charge in [-0.25, -0.2) is 0 Å². The van der Waals surface area contributed by atoms with Crippen LogP contribution in [-0.2, 0) is 16.0 Å². The topological polar surface area (TPSA) is 79.2 Å². The third-order valence-corrected chi connectivity index (χ3v) is 5.23. The van der Waals surface area contributed by atoms with Crippen LogP contribution in [0.1, 0.15) is 28.4 Å². The predicted octanol–water partition coefficient (Wildman–Crippen LogP) is 4.38. The highest BCUT2D eigenvalue weighted by Gasteiger charge is 2.28. The number of hydrogen-bond acceptors (Lipinski definition) is 4. The van der Waals surface area contributed by atoms with Gasteiger partial charge in [-0.2, -0.15) is 5.26 Å². The summed E-state index contributed by atoms with van der Waals surface area (Å²) in [5, 5.41) is 12.0. The lowest BCUT2D eigenvalue weighted by Crippen LogP contribution is -2.42. The molecule has 3 aromatic carbocycles. The molecule has 0 aliphatic rings. The molecule has 3 rings (SSSR count). The van der Waals surface area contributed by atoms with E-state index in [9.17, 15) is 9.59 Å². The number of carbonyl (C=O) groups excluding carboxylic acids is 2. The quantitative estimate of drug-likeness (QED) is 0.584. The molecule has 0 radical (unpaired) electrons. The average Bonchev–Trinajstić information content (AvgIpc) is 2.82. The molecule has 0 aliphatic heterocycles. The van der Waals surface area contributed by atoms with Crippen LogP contribution < -0.4 is 5.32 Å². The van der Waals surface area contributed by atoms with Crippen LogP contribution in [0.4, 0.5) is 0 Å². The van der Waals surface area contributed by atoms with E-state index in [0.29, 0.717) is 17.5 Å². The Morgan fingerprint density at radius 1 is 0.968 bits per heavy atom. The van der Waals surface area contributed by atoms with Crippen molar-refractivity contribution in [2.75, 3.05) is 7.11 Å². The van der Waals surface area contributed by atoms with Crippen molar-refractivity contribution in [2.24, 2.45) is 5.92 Å². The van der Waals surface area contributed by atoms with E-state index < -0.39 is 17.9 Å². The minimum Gasteiger partial charge on any atom is -0.469 e. The molecule has 156 valence electrons. The van der Waals surface area contributed by atoms with Crippen LogP contribution in [0.2, 0.25) is 0 Å². The van der Waals surface area contributed by atoms with Crippen molar-refractivity contribution in [1.82, 2.24) is 5.32 Å². The summed E-state index contributed by atoms with van der Waals surface area (Å²) < 4.78 is 4.96. The first-order chi connectivity index (χ1) is 15.0. The molecule has 3 aromatic rings. The number of amides is 1. The molecule has 0 aromatic heterocycles. The molecule has 0 fully saturated rings. The van der Waals surface area contributed by atoms with Gasteiger partial charge >= 0.3 is 5.97 Å². The largest absolute Gasteiger partial charge is 0.469 e. The van der Waals surface area contributed by atoms with Crippen molar-refractivity contribution < 1.29 is 14.3 Å². The van der Waals surface area contributed by atoms with Gasteiger partial charge in [-0.3, -0.25) is 9.59 Å². The summed E-state index contributed by atoms with van der Waals surface area (Å²) >= 11 is 0. The van der Waals surface area contributed by atoms with Gasteiger partial charge in [0.25, 0.3) is 5.91 Å². The third kappa shape index (κ3) is 5.58. The molecule has 1 amide bonds. The number of hydrogen-bond donors (Lipinski definition) is 1. The highest BCUT2D eigenvalue weighted by Crippen LogP contribution is 2.20. The SMILES string of the molecule is COC(=O)[C@H](Cc1cccc(C#N)c1)[C@@H](C)NC(=O)c1ccc(-c2ccccc2)cc1. The summed E-state index contributed by atoms with van der Waals surface area (Å²) in [6, 6.07) is 26.0. The van der Waals surface area contributed by atoms with E-state index in [-0.39, 0.29) is 5.91 Å². The van der Waals surface area contributed by atoms with Crippen molar-refractivity contribution in [3.63, 3.8) is 0 Å². The Labute approximate surface area is 182 Å². The predicted molar refractivity (Wildman–Crippen MR) is 119 cm³/mol. The van der Waals surface area contributed by atoms with Gasteiger partial charge < -0.3 is 10.1 Å². The second-order valence-electron chi connectivity index (χ2n) is 7.35. The summed E-state index contributed by atoms with van der Waals surface area (Å²) in [6.07, 6.45) is 0.358. The number of rotatable bonds is 7. The fourth-order valence-electron chi connectivity index (χ4n) is 3.47. The second kappa shape index (κ2) is 10.2. The second-order valence-corrected chi connectivity index (χ2v) is 7.35. The minimum absolute atomic E-state index is 0.258. The summed E-state index contributed by atoms with van der Waals surface area (Å²) in [4.78, 5) is 25.2. The van der Waals surface area contributed by atoms with Crippen molar-refractivity contribution in [2.45, 2.75) is 19.4 Å². The van der Waals surface area contributed by atoms with Crippen LogP contribution in [0.15, 0.2) is 78.9 Å². The van der Waals surface area contributed by atoms with Crippen LogP contribution in [0, 0.1) is 17.2 Å². The Bertz CT molecular complexity index is 1090. The Morgan fingerprint density at radius 2 is 1.65 bits per heavy atom. The molecule has 0 bridgehead atoms. The number of carbonyl (C=O) groups is 2. The van der Waals surface area contributed by atoms with Crippen LogP contribution in [-0.4, -0.2) is 25.0 Å². The van der Waals surface area contributed by atoms with E-state index >= 15 is 0 Å². The van der Waals surface area contributed by atoms with Gasteiger partial charge in [0, 0.05) is 11.6 Å². The minimum atomic E-state index is -0.577. The van der Waals surface area contributed by atoms with Gasteiger partial charge in [-0.05, 0) is 54.3 Å². The number of esters is 1. The summed E-state index contributed by atoms with van der Waals surface area (Å²) in [5.74, 6) is -1.24. The van der Waals surface area contributed by atoms with Crippen LogP contribution in [0.25, 0.3) is 11.1 Å². The molecule has 0 unspecified atom stereocenters. The van der Waals surface area contributed by atoms with E-state index in [1.54, 1.807) is 37.3 Å². The number of ether oxygens (including phenoxy) is 1. The van der Waals surface area contributed by atoms with E-state index in [0.717, 1.165) is 16.7 Å². The molecule has 0 saturated heterocycles. The number of nitrogens with one attached hydrogen (secondary N) is 1. The molecule has 1 N–H and O–H groups in total. The van der Waals surface area contributed by atoms with Crippen LogP contribution in [0.5, 0.6) is 0 Å². The van der Waals surface area contributed by atoms with E-state index in [4.69, 9.17) is 10.00 Å². The Kier molecular flexibility index (Phi) is 7.18.